The summed E-state index contributed by atoms with van der Waals surface area (Å²) in [6, 6.07) is 9.34. The molecule has 2 aromatic heterocycles. The third-order valence-corrected chi connectivity index (χ3v) is 7.39. The molecule has 0 spiro atoms. The predicted molar refractivity (Wildman–Crippen MR) is 110 cm³/mol. The number of rotatable bonds is 7. The second-order valence-electron chi connectivity index (χ2n) is 7.61. The van der Waals surface area contributed by atoms with E-state index in [0.717, 1.165) is 16.4 Å². The summed E-state index contributed by atoms with van der Waals surface area (Å²) in [7, 11) is -4.20. The third kappa shape index (κ3) is 4.76. The maximum Gasteiger partial charge on any atom is 0.246 e. The number of amides is 1. The fourth-order valence-corrected chi connectivity index (χ4v) is 5.35. The first-order chi connectivity index (χ1) is 15.3. The van der Waals surface area contributed by atoms with E-state index in [9.17, 15) is 22.0 Å². The minimum absolute atomic E-state index is 0.0318. The highest BCUT2D eigenvalue weighted by molar-refractivity contribution is 7.89. The van der Waals surface area contributed by atoms with Crippen LogP contribution in [0, 0.1) is 17.6 Å². The topological polar surface area (TPSA) is 84.0 Å². The molecule has 1 aliphatic heterocycles. The van der Waals surface area contributed by atoms with Crippen LogP contribution in [0.15, 0.2) is 68.7 Å². The molecule has 0 atom stereocenters. The molecule has 1 aliphatic rings. The largest absolute Gasteiger partial charge is 0.467 e. The average Bonchev–Trinajstić information content (AvgIpc) is 3.49. The predicted octanol–water partition coefficient (Wildman–Crippen LogP) is 3.78. The van der Waals surface area contributed by atoms with E-state index in [1.807, 2.05) is 0 Å². The quantitative estimate of drug-likeness (QED) is 0.531. The summed E-state index contributed by atoms with van der Waals surface area (Å²) >= 11 is 0. The normalized spacial score (nSPS) is 15.7. The Balaban J connectivity index is 1.45. The summed E-state index contributed by atoms with van der Waals surface area (Å²) in [6.07, 6.45) is 3.59. The third-order valence-electron chi connectivity index (χ3n) is 5.48. The molecule has 0 aliphatic carbocycles. The summed E-state index contributed by atoms with van der Waals surface area (Å²) < 4.78 is 65.0. The van der Waals surface area contributed by atoms with Crippen LogP contribution in [-0.2, 0) is 27.9 Å². The summed E-state index contributed by atoms with van der Waals surface area (Å²) in [5.74, 6) is -1.16. The lowest BCUT2D eigenvalue weighted by atomic mass is 9.96. The lowest BCUT2D eigenvalue weighted by molar-refractivity contribution is -0.138. The second kappa shape index (κ2) is 9.25. The van der Waals surface area contributed by atoms with Gasteiger partial charge in [0, 0.05) is 19.0 Å². The van der Waals surface area contributed by atoms with Gasteiger partial charge in [0.2, 0.25) is 15.9 Å². The molecule has 0 unspecified atom stereocenters. The Hall–Kier alpha value is -2.98. The molecule has 0 N–H and O–H groups in total. The van der Waals surface area contributed by atoms with E-state index in [-0.39, 0.29) is 44.9 Å². The van der Waals surface area contributed by atoms with Crippen molar-refractivity contribution < 1.29 is 30.8 Å². The Labute approximate surface area is 184 Å². The Kier molecular flexibility index (Phi) is 6.43. The van der Waals surface area contributed by atoms with Crippen LogP contribution in [0.2, 0.25) is 0 Å². The minimum atomic E-state index is -4.20. The van der Waals surface area contributed by atoms with Gasteiger partial charge in [-0.2, -0.15) is 4.31 Å². The zero-order valence-corrected chi connectivity index (χ0v) is 17.9. The summed E-state index contributed by atoms with van der Waals surface area (Å²) in [5, 5.41) is 0. The van der Waals surface area contributed by atoms with E-state index in [1.165, 1.54) is 12.5 Å². The molecule has 32 heavy (non-hydrogen) atoms. The maximum absolute atomic E-state index is 14.0. The molecular formula is C22H22F2N2O5S. The number of sulfonamides is 1. The van der Waals surface area contributed by atoms with Crippen molar-refractivity contribution in [1.29, 1.82) is 0 Å². The summed E-state index contributed by atoms with van der Waals surface area (Å²) in [6.45, 7) is 0.563. The van der Waals surface area contributed by atoms with Crippen LogP contribution in [-0.4, -0.2) is 36.6 Å². The first kappa shape index (κ1) is 22.2. The molecule has 170 valence electrons. The molecule has 1 saturated heterocycles. The Bertz CT molecular complexity index is 1120. The Morgan fingerprint density at radius 1 is 1.00 bits per heavy atom. The monoisotopic (exact) mass is 464 g/mol. The van der Waals surface area contributed by atoms with E-state index in [2.05, 4.69) is 0 Å². The van der Waals surface area contributed by atoms with E-state index in [1.54, 1.807) is 29.2 Å². The van der Waals surface area contributed by atoms with Crippen molar-refractivity contribution in [3.8, 4) is 0 Å². The molecule has 1 fully saturated rings. The standard InChI is InChI=1S/C22H22F2N2O5S/c23-17-5-6-20(24)21(13-17)32(28,29)26-9-7-16(8-10-26)22(27)25(14-18-3-1-11-30-18)15-19-4-2-12-31-19/h1-6,11-13,16H,7-10,14-15H2. The van der Waals surface area contributed by atoms with Crippen molar-refractivity contribution in [2.24, 2.45) is 5.92 Å². The van der Waals surface area contributed by atoms with Crippen molar-refractivity contribution in [1.82, 2.24) is 9.21 Å². The number of halogens is 2. The van der Waals surface area contributed by atoms with Gasteiger partial charge < -0.3 is 13.7 Å². The Morgan fingerprint density at radius 3 is 2.12 bits per heavy atom. The molecule has 4 rings (SSSR count). The van der Waals surface area contributed by atoms with E-state index < -0.39 is 32.5 Å². The number of nitrogens with zero attached hydrogens (tertiary/aromatic N) is 2. The molecule has 7 nitrogen and oxygen atoms in total. The van der Waals surface area contributed by atoms with Gasteiger partial charge in [-0.3, -0.25) is 4.79 Å². The molecule has 0 bridgehead atoms. The van der Waals surface area contributed by atoms with Gasteiger partial charge in [0.1, 0.15) is 28.1 Å². The van der Waals surface area contributed by atoms with Crippen LogP contribution >= 0.6 is 0 Å². The number of carbonyl (C=O) groups is 1. The maximum atomic E-state index is 14.0. The van der Waals surface area contributed by atoms with Crippen molar-refractivity contribution >= 4 is 15.9 Å². The van der Waals surface area contributed by atoms with Crippen LogP contribution in [0.3, 0.4) is 0 Å². The van der Waals surface area contributed by atoms with Gasteiger partial charge in [0.05, 0.1) is 25.6 Å². The van der Waals surface area contributed by atoms with Gasteiger partial charge in [0.15, 0.2) is 0 Å². The van der Waals surface area contributed by atoms with E-state index >= 15 is 0 Å². The molecule has 3 aromatic rings. The zero-order valence-electron chi connectivity index (χ0n) is 17.1. The van der Waals surface area contributed by atoms with Gasteiger partial charge in [0.25, 0.3) is 0 Å². The fourth-order valence-electron chi connectivity index (χ4n) is 3.81. The number of hydrogen-bond donors (Lipinski definition) is 0. The number of furan rings is 2. The first-order valence-corrected chi connectivity index (χ1v) is 11.6. The lowest BCUT2D eigenvalue weighted by Crippen LogP contribution is -2.44. The van der Waals surface area contributed by atoms with Crippen molar-refractivity contribution in [3.63, 3.8) is 0 Å². The average molecular weight is 464 g/mol. The van der Waals surface area contributed by atoms with Crippen LogP contribution in [0.4, 0.5) is 8.78 Å². The zero-order chi connectivity index (χ0) is 22.7. The first-order valence-electron chi connectivity index (χ1n) is 10.1. The fraction of sp³-hybridized carbons (Fsp3) is 0.318. The van der Waals surface area contributed by atoms with E-state index in [4.69, 9.17) is 8.83 Å². The van der Waals surface area contributed by atoms with Crippen LogP contribution in [0.1, 0.15) is 24.4 Å². The molecule has 0 radical (unpaired) electrons. The summed E-state index contributed by atoms with van der Waals surface area (Å²) in [4.78, 5) is 14.2. The van der Waals surface area contributed by atoms with Crippen LogP contribution < -0.4 is 0 Å². The lowest BCUT2D eigenvalue weighted by Gasteiger charge is -2.33. The van der Waals surface area contributed by atoms with Gasteiger partial charge in [-0.25, -0.2) is 17.2 Å². The molecular weight excluding hydrogens is 442 g/mol. The summed E-state index contributed by atoms with van der Waals surface area (Å²) in [5.41, 5.74) is 0. The van der Waals surface area contributed by atoms with E-state index in [0.29, 0.717) is 17.6 Å². The number of carbonyl (C=O) groups excluding carboxylic acids is 1. The minimum Gasteiger partial charge on any atom is -0.467 e. The van der Waals surface area contributed by atoms with Gasteiger partial charge in [-0.1, -0.05) is 0 Å². The smallest absolute Gasteiger partial charge is 0.246 e. The van der Waals surface area contributed by atoms with Gasteiger partial charge >= 0.3 is 0 Å². The van der Waals surface area contributed by atoms with Crippen LogP contribution in [0.25, 0.3) is 0 Å². The SMILES string of the molecule is O=C(C1CCN(S(=O)(=O)c2cc(F)ccc2F)CC1)N(Cc1ccco1)Cc1ccco1. The Morgan fingerprint density at radius 2 is 1.59 bits per heavy atom. The molecule has 3 heterocycles. The highest BCUT2D eigenvalue weighted by Crippen LogP contribution is 2.28. The number of hydrogen-bond acceptors (Lipinski definition) is 5. The number of piperidine rings is 1. The van der Waals surface area contributed by atoms with Crippen molar-refractivity contribution in [3.05, 3.63) is 78.1 Å². The second-order valence-corrected chi connectivity index (χ2v) is 9.51. The van der Waals surface area contributed by atoms with Gasteiger partial charge in [-0.05, 0) is 55.3 Å². The van der Waals surface area contributed by atoms with Crippen molar-refractivity contribution in [2.75, 3.05) is 13.1 Å². The number of benzene rings is 1. The molecule has 0 saturated carbocycles. The highest BCUT2D eigenvalue weighted by Gasteiger charge is 2.35. The highest BCUT2D eigenvalue weighted by atomic mass is 32.2. The molecule has 1 amide bonds. The molecule has 10 heteroatoms. The molecule has 1 aromatic carbocycles. The van der Waals surface area contributed by atoms with Crippen molar-refractivity contribution in [2.45, 2.75) is 30.8 Å². The van der Waals surface area contributed by atoms with Crippen LogP contribution in [0.5, 0.6) is 0 Å². The van der Waals surface area contributed by atoms with Gasteiger partial charge in [-0.15, -0.1) is 0 Å².